The maximum atomic E-state index is 13.0. The SMILES string of the molecule is COc1ccc(/C(O)=C2\C(=O)C(=O)N(CCOCCO)C2c2ccccc2OC)cc1. The molecule has 1 atom stereocenters. The summed E-state index contributed by atoms with van der Waals surface area (Å²) in [4.78, 5) is 27.2. The Morgan fingerprint density at radius 1 is 1.00 bits per heavy atom. The Morgan fingerprint density at radius 3 is 2.35 bits per heavy atom. The number of ether oxygens (including phenoxy) is 3. The summed E-state index contributed by atoms with van der Waals surface area (Å²) >= 11 is 0. The fraction of sp³-hybridized carbons (Fsp3) is 0.304. The molecule has 8 nitrogen and oxygen atoms in total. The van der Waals surface area contributed by atoms with Gasteiger partial charge in [-0.15, -0.1) is 0 Å². The van der Waals surface area contributed by atoms with Crippen LogP contribution in [0.3, 0.4) is 0 Å². The van der Waals surface area contributed by atoms with Crippen molar-refractivity contribution in [1.82, 2.24) is 4.90 Å². The standard InChI is InChI=1S/C23H25NO7/c1-29-16-9-7-15(8-10-16)21(26)19-20(17-5-3-4-6-18(17)30-2)24(23(28)22(19)27)11-13-31-14-12-25/h3-10,20,25-26H,11-14H2,1-2H3/b21-19+. The molecule has 2 aromatic rings. The van der Waals surface area contributed by atoms with Crippen LogP contribution in [0.4, 0.5) is 0 Å². The normalized spacial score (nSPS) is 17.8. The summed E-state index contributed by atoms with van der Waals surface area (Å²) in [6, 6.07) is 12.7. The van der Waals surface area contributed by atoms with Gasteiger partial charge in [-0.25, -0.2) is 0 Å². The molecule has 0 aliphatic carbocycles. The van der Waals surface area contributed by atoms with Crippen molar-refractivity contribution >= 4 is 17.4 Å². The highest BCUT2D eigenvalue weighted by Crippen LogP contribution is 2.42. The summed E-state index contributed by atoms with van der Waals surface area (Å²) in [6.45, 7) is 0.204. The highest BCUT2D eigenvalue weighted by molar-refractivity contribution is 6.46. The highest BCUT2D eigenvalue weighted by atomic mass is 16.5. The maximum absolute atomic E-state index is 13.0. The minimum absolute atomic E-state index is 0.0261. The first-order valence-electron chi connectivity index (χ1n) is 9.77. The average Bonchev–Trinajstić information content (AvgIpc) is 3.06. The van der Waals surface area contributed by atoms with Crippen molar-refractivity contribution in [2.24, 2.45) is 0 Å². The summed E-state index contributed by atoms with van der Waals surface area (Å²) in [5.74, 6) is -0.726. The van der Waals surface area contributed by atoms with Crippen LogP contribution in [0.5, 0.6) is 11.5 Å². The highest BCUT2D eigenvalue weighted by Gasteiger charge is 2.46. The first-order valence-corrected chi connectivity index (χ1v) is 9.77. The number of amides is 1. The molecule has 1 saturated heterocycles. The summed E-state index contributed by atoms with van der Waals surface area (Å²) in [5.41, 5.74) is 0.929. The van der Waals surface area contributed by atoms with E-state index in [9.17, 15) is 14.7 Å². The summed E-state index contributed by atoms with van der Waals surface area (Å²) in [5, 5.41) is 19.9. The van der Waals surface area contributed by atoms with E-state index in [0.717, 1.165) is 0 Å². The van der Waals surface area contributed by atoms with Crippen molar-refractivity contribution in [3.63, 3.8) is 0 Å². The zero-order valence-corrected chi connectivity index (χ0v) is 17.4. The molecule has 0 radical (unpaired) electrons. The zero-order valence-electron chi connectivity index (χ0n) is 17.4. The van der Waals surface area contributed by atoms with E-state index in [4.69, 9.17) is 19.3 Å². The number of ketones is 1. The number of aliphatic hydroxyl groups excluding tert-OH is 2. The van der Waals surface area contributed by atoms with Crippen LogP contribution < -0.4 is 9.47 Å². The van der Waals surface area contributed by atoms with E-state index in [-0.39, 0.29) is 37.7 Å². The topological polar surface area (TPSA) is 106 Å². The van der Waals surface area contributed by atoms with Crippen molar-refractivity contribution < 1.29 is 34.0 Å². The largest absolute Gasteiger partial charge is 0.507 e. The maximum Gasteiger partial charge on any atom is 0.295 e. The second-order valence-corrected chi connectivity index (χ2v) is 6.80. The number of carbonyl (C=O) groups excluding carboxylic acids is 2. The van der Waals surface area contributed by atoms with Gasteiger partial charge in [0.1, 0.15) is 17.3 Å². The third-order valence-corrected chi connectivity index (χ3v) is 5.05. The Balaban J connectivity index is 2.10. The quantitative estimate of drug-likeness (QED) is 0.273. The molecule has 164 valence electrons. The molecule has 0 spiro atoms. The first kappa shape index (κ1) is 22.3. The number of Topliss-reactive ketones (excluding diaryl/α,β-unsaturated/α-hetero) is 1. The van der Waals surface area contributed by atoms with Crippen molar-refractivity contribution in [1.29, 1.82) is 0 Å². The molecular weight excluding hydrogens is 402 g/mol. The number of rotatable bonds is 9. The van der Waals surface area contributed by atoms with Gasteiger partial charge in [0.05, 0.1) is 45.7 Å². The smallest absolute Gasteiger partial charge is 0.295 e. The second-order valence-electron chi connectivity index (χ2n) is 6.80. The van der Waals surface area contributed by atoms with Gasteiger partial charge < -0.3 is 29.3 Å². The predicted octanol–water partition coefficient (Wildman–Crippen LogP) is 2.13. The third kappa shape index (κ3) is 4.55. The van der Waals surface area contributed by atoms with Gasteiger partial charge in [-0.3, -0.25) is 9.59 Å². The van der Waals surface area contributed by atoms with Gasteiger partial charge in [0.15, 0.2) is 0 Å². The van der Waals surface area contributed by atoms with Crippen LogP contribution in [0.1, 0.15) is 17.2 Å². The Morgan fingerprint density at radius 2 is 1.71 bits per heavy atom. The molecule has 31 heavy (non-hydrogen) atoms. The average molecular weight is 427 g/mol. The molecule has 1 amide bonds. The number of para-hydroxylation sites is 1. The van der Waals surface area contributed by atoms with E-state index in [1.165, 1.54) is 19.1 Å². The lowest BCUT2D eigenvalue weighted by atomic mass is 9.94. The van der Waals surface area contributed by atoms with E-state index in [0.29, 0.717) is 22.6 Å². The molecule has 0 bridgehead atoms. The molecule has 2 N–H and O–H groups in total. The number of carbonyl (C=O) groups is 2. The van der Waals surface area contributed by atoms with Gasteiger partial charge >= 0.3 is 0 Å². The fourth-order valence-electron chi connectivity index (χ4n) is 3.56. The van der Waals surface area contributed by atoms with Crippen LogP contribution in [0.2, 0.25) is 0 Å². The minimum Gasteiger partial charge on any atom is -0.507 e. The second kappa shape index (κ2) is 10.1. The molecule has 3 rings (SSSR count). The monoisotopic (exact) mass is 427 g/mol. The fourth-order valence-corrected chi connectivity index (χ4v) is 3.56. The van der Waals surface area contributed by atoms with Crippen LogP contribution in [0.25, 0.3) is 5.76 Å². The van der Waals surface area contributed by atoms with Gasteiger partial charge in [0, 0.05) is 17.7 Å². The number of aliphatic hydroxyl groups is 2. The number of likely N-dealkylation sites (tertiary alicyclic amines) is 1. The van der Waals surface area contributed by atoms with E-state index in [2.05, 4.69) is 0 Å². The van der Waals surface area contributed by atoms with Crippen molar-refractivity contribution in [2.45, 2.75) is 6.04 Å². The van der Waals surface area contributed by atoms with Crippen molar-refractivity contribution in [2.75, 3.05) is 40.6 Å². The van der Waals surface area contributed by atoms with Crippen LogP contribution in [0, 0.1) is 0 Å². The molecule has 1 unspecified atom stereocenters. The van der Waals surface area contributed by atoms with Gasteiger partial charge in [0.25, 0.3) is 11.7 Å². The summed E-state index contributed by atoms with van der Waals surface area (Å²) in [6.07, 6.45) is 0. The molecule has 1 fully saturated rings. The van der Waals surface area contributed by atoms with E-state index in [1.807, 2.05) is 0 Å². The van der Waals surface area contributed by atoms with Gasteiger partial charge in [-0.05, 0) is 30.3 Å². The molecule has 1 aliphatic rings. The number of hydrogen-bond acceptors (Lipinski definition) is 7. The van der Waals surface area contributed by atoms with Gasteiger partial charge in [-0.1, -0.05) is 18.2 Å². The number of nitrogens with zero attached hydrogens (tertiary/aromatic N) is 1. The molecule has 0 aromatic heterocycles. The molecule has 0 saturated carbocycles. The first-order chi connectivity index (χ1) is 15.0. The number of methoxy groups -OCH3 is 2. The molecule has 2 aromatic carbocycles. The summed E-state index contributed by atoms with van der Waals surface area (Å²) in [7, 11) is 3.03. The van der Waals surface area contributed by atoms with Crippen LogP contribution in [0.15, 0.2) is 54.1 Å². The molecule has 8 heteroatoms. The van der Waals surface area contributed by atoms with E-state index >= 15 is 0 Å². The van der Waals surface area contributed by atoms with Crippen LogP contribution in [-0.4, -0.2) is 67.4 Å². The lowest BCUT2D eigenvalue weighted by molar-refractivity contribution is -0.140. The minimum atomic E-state index is -0.851. The van der Waals surface area contributed by atoms with Gasteiger partial charge in [0.2, 0.25) is 0 Å². The number of benzene rings is 2. The van der Waals surface area contributed by atoms with Crippen molar-refractivity contribution in [3.8, 4) is 11.5 Å². The Bertz CT molecular complexity index is 968. The van der Waals surface area contributed by atoms with E-state index < -0.39 is 17.7 Å². The third-order valence-electron chi connectivity index (χ3n) is 5.05. The molecule has 1 heterocycles. The zero-order chi connectivity index (χ0) is 22.4. The number of hydrogen-bond donors (Lipinski definition) is 2. The van der Waals surface area contributed by atoms with Crippen molar-refractivity contribution in [3.05, 3.63) is 65.2 Å². The molecule has 1 aliphatic heterocycles. The van der Waals surface area contributed by atoms with E-state index in [1.54, 1.807) is 48.5 Å². The van der Waals surface area contributed by atoms with Crippen LogP contribution >= 0.6 is 0 Å². The summed E-state index contributed by atoms with van der Waals surface area (Å²) < 4.78 is 15.9. The predicted molar refractivity (Wildman–Crippen MR) is 113 cm³/mol. The van der Waals surface area contributed by atoms with Crippen LogP contribution in [-0.2, 0) is 14.3 Å². The molecular formula is C23H25NO7. The lowest BCUT2D eigenvalue weighted by Crippen LogP contribution is -2.33. The Labute approximate surface area is 180 Å². The van der Waals surface area contributed by atoms with Gasteiger partial charge in [-0.2, -0.15) is 0 Å². The lowest BCUT2D eigenvalue weighted by Gasteiger charge is -2.26. The Hall–Kier alpha value is -3.36. The Kier molecular flexibility index (Phi) is 7.28.